The van der Waals surface area contributed by atoms with Crippen LogP contribution in [0.1, 0.15) is 100 Å². The predicted octanol–water partition coefficient (Wildman–Crippen LogP) is 8.03. The van der Waals surface area contributed by atoms with Crippen LogP contribution in [0.4, 0.5) is 0 Å². The molecule has 51 heavy (non-hydrogen) atoms. The lowest BCUT2D eigenvalue weighted by molar-refractivity contribution is -0.141. The van der Waals surface area contributed by atoms with Gasteiger partial charge in [0.25, 0.3) is 0 Å². The molecule has 3 atom stereocenters. The number of hydrogen-bond donors (Lipinski definition) is 3. The second-order valence-electron chi connectivity index (χ2n) is 18.3. The second-order valence-corrected chi connectivity index (χ2v) is 37.0. The van der Waals surface area contributed by atoms with Crippen LogP contribution in [0.5, 0.6) is 0 Å². The lowest BCUT2D eigenvalue weighted by atomic mass is 9.89. The number of carboxylic acids is 2. The normalized spacial score (nSPS) is 16.8. The van der Waals surface area contributed by atoms with Gasteiger partial charge in [0.05, 0.1) is 31.7 Å². The Balaban J connectivity index is 6.60. The summed E-state index contributed by atoms with van der Waals surface area (Å²) in [7, 11) is -8.98. The van der Waals surface area contributed by atoms with Gasteiger partial charge in [-0.1, -0.05) is 40.4 Å². The van der Waals surface area contributed by atoms with Crippen molar-refractivity contribution < 1.29 is 42.7 Å². The van der Waals surface area contributed by atoms with Crippen LogP contribution in [0, 0.1) is 0 Å². The molecule has 0 fully saturated rings. The van der Waals surface area contributed by atoms with Gasteiger partial charge in [-0.25, -0.2) is 0 Å². The van der Waals surface area contributed by atoms with Gasteiger partial charge in [0.1, 0.15) is 0 Å². The predicted molar refractivity (Wildman–Crippen MR) is 217 cm³/mol. The maximum atomic E-state index is 13.2. The number of carbonyl (C=O) groups excluding carboxylic acids is 2. The van der Waals surface area contributed by atoms with Crippen LogP contribution in [0.25, 0.3) is 0 Å². The van der Waals surface area contributed by atoms with E-state index < -0.39 is 61.7 Å². The average Bonchev–Trinajstić information content (AvgIpc) is 2.94. The SMILES string of the molecule is CCC(C)(O[Si](C)(C)C(C)(CC)C(C)(C)O[Si](C)(CCCN(CCNC(=O)CCC(=O)O)C(=O)CCC(=O)O)C(C)(C)O[Si](C)(C)C)[Si](C)(C)C. The zero-order valence-corrected chi connectivity index (χ0v) is 39.5. The summed E-state index contributed by atoms with van der Waals surface area (Å²) in [5.74, 6) is -2.82. The number of carboxylic acid groups (broad SMARTS) is 2. The number of carbonyl (C=O) groups is 4. The zero-order chi connectivity index (χ0) is 40.5. The molecule has 3 unspecified atom stereocenters. The largest absolute Gasteiger partial charge is 0.481 e. The van der Waals surface area contributed by atoms with Gasteiger partial charge in [0.15, 0.2) is 16.6 Å². The van der Waals surface area contributed by atoms with E-state index in [1.54, 1.807) is 4.90 Å². The highest BCUT2D eigenvalue weighted by molar-refractivity contribution is 6.82. The lowest BCUT2D eigenvalue weighted by Crippen LogP contribution is -2.67. The molecular weight excluding hydrogens is 717 g/mol. The van der Waals surface area contributed by atoms with Crippen molar-refractivity contribution in [3.63, 3.8) is 0 Å². The van der Waals surface area contributed by atoms with E-state index >= 15 is 0 Å². The molecule has 11 nitrogen and oxygen atoms in total. The van der Waals surface area contributed by atoms with Crippen molar-refractivity contribution in [3.8, 4) is 0 Å². The minimum atomic E-state index is -2.81. The third-order valence-corrected chi connectivity index (χ3v) is 26.3. The molecule has 0 aromatic rings. The van der Waals surface area contributed by atoms with E-state index in [0.29, 0.717) is 19.0 Å². The highest BCUT2D eigenvalue weighted by Gasteiger charge is 2.60. The summed E-state index contributed by atoms with van der Waals surface area (Å²) in [4.78, 5) is 49.1. The van der Waals surface area contributed by atoms with E-state index in [4.69, 9.17) is 18.4 Å². The fourth-order valence-electron chi connectivity index (χ4n) is 7.01. The first kappa shape index (κ1) is 49.6. The van der Waals surface area contributed by atoms with E-state index in [-0.39, 0.29) is 54.9 Å². The Morgan fingerprint density at radius 3 is 1.63 bits per heavy atom. The third kappa shape index (κ3) is 14.4. The molecule has 0 spiro atoms. The van der Waals surface area contributed by atoms with Gasteiger partial charge < -0.3 is 33.7 Å². The summed E-state index contributed by atoms with van der Waals surface area (Å²) in [5, 5.41) is 19.8. The lowest BCUT2D eigenvalue weighted by Gasteiger charge is -2.59. The maximum Gasteiger partial charge on any atom is 0.303 e. The van der Waals surface area contributed by atoms with E-state index in [0.717, 1.165) is 12.8 Å². The first-order valence-electron chi connectivity index (χ1n) is 18.8. The number of aliphatic carboxylic acids is 2. The van der Waals surface area contributed by atoms with Crippen molar-refractivity contribution in [2.75, 3.05) is 19.6 Å². The molecule has 0 heterocycles. The second kappa shape index (κ2) is 18.8. The maximum absolute atomic E-state index is 13.2. The van der Waals surface area contributed by atoms with Crippen molar-refractivity contribution in [3.05, 3.63) is 0 Å². The van der Waals surface area contributed by atoms with Gasteiger partial charge in [-0.2, -0.15) is 0 Å². The minimum Gasteiger partial charge on any atom is -0.481 e. The Morgan fingerprint density at radius 1 is 0.686 bits per heavy atom. The number of nitrogens with one attached hydrogen (secondary N) is 1. The van der Waals surface area contributed by atoms with Crippen LogP contribution in [0.2, 0.25) is 70.0 Å². The van der Waals surface area contributed by atoms with Gasteiger partial charge in [0.2, 0.25) is 20.1 Å². The molecule has 15 heteroatoms. The summed E-state index contributed by atoms with van der Waals surface area (Å²) < 4.78 is 21.9. The molecule has 0 saturated heterocycles. The number of nitrogens with zero attached hydrogens (tertiary/aromatic N) is 1. The highest BCUT2D eigenvalue weighted by Crippen LogP contribution is 2.56. The summed E-state index contributed by atoms with van der Waals surface area (Å²) in [5.41, 5.74) is -0.580. The van der Waals surface area contributed by atoms with Crippen molar-refractivity contribution >= 4 is 56.8 Å². The van der Waals surface area contributed by atoms with E-state index in [1.165, 1.54) is 0 Å². The van der Waals surface area contributed by atoms with E-state index in [1.807, 2.05) is 0 Å². The topological polar surface area (TPSA) is 152 Å². The Bertz CT molecular complexity index is 1190. The van der Waals surface area contributed by atoms with Crippen molar-refractivity contribution in [2.24, 2.45) is 0 Å². The first-order chi connectivity index (χ1) is 22.8. The summed E-state index contributed by atoms with van der Waals surface area (Å²) in [6.45, 7) is 39.2. The number of amides is 2. The van der Waals surface area contributed by atoms with Crippen LogP contribution < -0.4 is 5.32 Å². The molecular formula is C36H76N2O9Si4. The average molecular weight is 793 g/mol. The summed E-state index contributed by atoms with van der Waals surface area (Å²) >= 11 is 0. The molecule has 3 N–H and O–H groups in total. The number of rotatable bonds is 25. The zero-order valence-electron chi connectivity index (χ0n) is 35.5. The van der Waals surface area contributed by atoms with Crippen molar-refractivity contribution in [1.82, 2.24) is 10.2 Å². The standard InChI is InChI=1S/C36H76N2O9Si4/c1-18-35(7,50(15,16)47-36(8,19-2)48(9,10)11)33(3,4)45-51(17,34(5,6)46-49(12,13)14)28-20-26-38(30(40)22-24-32(43)44)27-25-37-29(39)21-23-31(41)42/h18-28H2,1-17H3,(H,37,39)(H,41,42)(H,43,44). The minimum absolute atomic E-state index is 0.141. The van der Waals surface area contributed by atoms with Gasteiger partial charge in [0, 0.05) is 42.7 Å². The molecule has 0 bridgehead atoms. The quantitative estimate of drug-likeness (QED) is 0.0781. The molecule has 0 rings (SSSR count). The van der Waals surface area contributed by atoms with Crippen LogP contribution >= 0.6 is 0 Å². The fourth-order valence-corrected chi connectivity index (χ4v) is 20.5. The Morgan fingerprint density at radius 2 is 1.20 bits per heavy atom. The molecule has 0 aliphatic rings. The van der Waals surface area contributed by atoms with Gasteiger partial charge in [-0.05, 0) is 99.2 Å². The molecule has 300 valence electrons. The molecule has 0 aliphatic heterocycles. The Kier molecular flexibility index (Phi) is 18.3. The number of hydrogen-bond acceptors (Lipinski definition) is 7. The fraction of sp³-hybridized carbons (Fsp3) is 0.889. The molecule has 0 aliphatic carbocycles. The van der Waals surface area contributed by atoms with Gasteiger partial charge in [-0.3, -0.25) is 19.2 Å². The highest BCUT2D eigenvalue weighted by atomic mass is 28.4. The monoisotopic (exact) mass is 792 g/mol. The Labute approximate surface area is 314 Å². The van der Waals surface area contributed by atoms with Crippen LogP contribution in [0.3, 0.4) is 0 Å². The van der Waals surface area contributed by atoms with Crippen LogP contribution in [-0.4, -0.2) is 108 Å². The molecule has 0 aromatic heterocycles. The first-order valence-corrected chi connectivity index (χ1v) is 31.3. The molecule has 0 radical (unpaired) electrons. The molecule has 0 aromatic carbocycles. The van der Waals surface area contributed by atoms with E-state index in [9.17, 15) is 24.3 Å². The van der Waals surface area contributed by atoms with Crippen molar-refractivity contribution in [2.45, 2.75) is 186 Å². The van der Waals surface area contributed by atoms with Crippen LogP contribution in [-0.2, 0) is 32.5 Å². The van der Waals surface area contributed by atoms with Gasteiger partial charge >= 0.3 is 11.9 Å². The summed E-state index contributed by atoms with van der Waals surface area (Å²) in [6.07, 6.45) is 1.59. The van der Waals surface area contributed by atoms with Gasteiger partial charge in [-0.15, -0.1) is 0 Å². The van der Waals surface area contributed by atoms with Crippen LogP contribution in [0.15, 0.2) is 0 Å². The Hall–Kier alpha value is -1.37. The summed E-state index contributed by atoms with van der Waals surface area (Å²) in [6, 6.07) is 0.686. The smallest absolute Gasteiger partial charge is 0.303 e. The van der Waals surface area contributed by atoms with Crippen molar-refractivity contribution in [1.29, 1.82) is 0 Å². The third-order valence-electron chi connectivity index (χ3n) is 11.7. The molecule has 2 amide bonds. The molecule has 0 saturated carbocycles. The van der Waals surface area contributed by atoms with E-state index in [2.05, 4.69) is 120 Å².